The van der Waals surface area contributed by atoms with Crippen LogP contribution in [0.25, 0.3) is 0 Å². The zero-order chi connectivity index (χ0) is 14.1. The van der Waals surface area contributed by atoms with E-state index in [-0.39, 0.29) is 17.3 Å². The van der Waals surface area contributed by atoms with Crippen molar-refractivity contribution in [3.63, 3.8) is 0 Å². The number of Topliss-reactive ketones (excluding diaryl/α,β-unsaturated/α-hetero) is 1. The van der Waals surface area contributed by atoms with Gasteiger partial charge in [-0.2, -0.15) is 0 Å². The summed E-state index contributed by atoms with van der Waals surface area (Å²) < 4.78 is 5.86. The van der Waals surface area contributed by atoms with Crippen LogP contribution in [0.2, 0.25) is 0 Å². The first-order valence-corrected chi connectivity index (χ1v) is 7.43. The number of hydrogen-bond donors (Lipinski definition) is 0. The van der Waals surface area contributed by atoms with E-state index in [1.54, 1.807) is 0 Å². The minimum atomic E-state index is -0.225. The van der Waals surface area contributed by atoms with Crippen molar-refractivity contribution in [2.45, 2.75) is 65.4 Å². The van der Waals surface area contributed by atoms with Crippen molar-refractivity contribution in [1.29, 1.82) is 0 Å². The van der Waals surface area contributed by atoms with E-state index in [0.29, 0.717) is 13.0 Å². The van der Waals surface area contributed by atoms with Crippen molar-refractivity contribution in [1.82, 2.24) is 0 Å². The maximum Gasteiger partial charge on any atom is 0.161 e. The van der Waals surface area contributed by atoms with Gasteiger partial charge in [0, 0.05) is 6.42 Å². The predicted molar refractivity (Wildman–Crippen MR) is 80.2 cm³/mol. The van der Waals surface area contributed by atoms with Crippen LogP contribution in [0.5, 0.6) is 0 Å². The van der Waals surface area contributed by atoms with E-state index in [1.807, 2.05) is 0 Å². The summed E-state index contributed by atoms with van der Waals surface area (Å²) in [6, 6.07) is 0. The maximum absolute atomic E-state index is 12.2. The monoisotopic (exact) mass is 264 g/mol. The van der Waals surface area contributed by atoms with E-state index in [4.69, 9.17) is 4.74 Å². The number of carbonyl (C=O) groups is 1. The van der Waals surface area contributed by atoms with Crippen molar-refractivity contribution in [3.8, 4) is 0 Å². The van der Waals surface area contributed by atoms with Crippen LogP contribution in [0.15, 0.2) is 24.3 Å². The molecule has 0 radical (unpaired) electrons. The molecule has 0 spiro atoms. The molecule has 1 unspecified atom stereocenters. The van der Waals surface area contributed by atoms with Crippen LogP contribution in [0, 0.1) is 5.41 Å². The Morgan fingerprint density at radius 1 is 1.05 bits per heavy atom. The Hall–Kier alpha value is -0.890. The predicted octanol–water partition coefficient (Wildman–Crippen LogP) is 4.45. The number of ketones is 1. The van der Waals surface area contributed by atoms with Crippen LogP contribution in [0.1, 0.15) is 59.3 Å². The summed E-state index contributed by atoms with van der Waals surface area (Å²) in [7, 11) is 0. The number of rotatable bonds is 2. The second-order valence-corrected chi connectivity index (χ2v) is 6.46. The van der Waals surface area contributed by atoms with Gasteiger partial charge in [-0.3, -0.25) is 4.79 Å². The van der Waals surface area contributed by atoms with Crippen molar-refractivity contribution in [3.05, 3.63) is 24.3 Å². The third-order valence-corrected chi connectivity index (χ3v) is 3.06. The third kappa shape index (κ3) is 7.99. The normalized spacial score (nSPS) is 26.3. The fourth-order valence-electron chi connectivity index (χ4n) is 1.99. The van der Waals surface area contributed by atoms with Crippen LogP contribution < -0.4 is 0 Å². The van der Waals surface area contributed by atoms with Crippen LogP contribution >= 0.6 is 0 Å². The van der Waals surface area contributed by atoms with Gasteiger partial charge in [-0.25, -0.2) is 0 Å². The molecule has 0 fully saturated rings. The summed E-state index contributed by atoms with van der Waals surface area (Å²) >= 11 is 0. The molecule has 0 N–H and O–H groups in total. The van der Waals surface area contributed by atoms with Crippen molar-refractivity contribution in [2.24, 2.45) is 5.41 Å². The highest BCUT2D eigenvalue weighted by molar-refractivity contribution is 5.83. The van der Waals surface area contributed by atoms with Crippen molar-refractivity contribution < 1.29 is 9.53 Å². The first-order valence-electron chi connectivity index (χ1n) is 7.43. The largest absolute Gasteiger partial charge is 0.370 e. The second kappa shape index (κ2) is 8.31. The molecule has 19 heavy (non-hydrogen) atoms. The first kappa shape index (κ1) is 16.2. The summed E-state index contributed by atoms with van der Waals surface area (Å²) in [5, 5.41) is 0. The lowest BCUT2D eigenvalue weighted by Crippen LogP contribution is -2.28. The highest BCUT2D eigenvalue weighted by Gasteiger charge is 2.21. The molecule has 1 rings (SSSR count). The third-order valence-electron chi connectivity index (χ3n) is 3.06. The molecule has 1 aliphatic carbocycles. The molecule has 0 saturated heterocycles. The molecule has 0 aromatic rings. The summed E-state index contributed by atoms with van der Waals surface area (Å²) in [6.45, 7) is 7.05. The molecular formula is C17H28O2. The lowest BCUT2D eigenvalue weighted by atomic mass is 9.98. The summed E-state index contributed by atoms with van der Waals surface area (Å²) in [4.78, 5) is 12.2. The lowest BCUT2D eigenvalue weighted by Gasteiger charge is -2.23. The van der Waals surface area contributed by atoms with E-state index in [2.05, 4.69) is 45.1 Å². The first-order chi connectivity index (χ1) is 8.99. The van der Waals surface area contributed by atoms with E-state index in [9.17, 15) is 4.79 Å². The van der Waals surface area contributed by atoms with Gasteiger partial charge in [-0.1, -0.05) is 45.1 Å². The molecular weight excluding hydrogens is 236 g/mol. The molecule has 1 atom stereocenters. The Balaban J connectivity index is 2.55. The maximum atomic E-state index is 12.2. The number of hydrogen-bond acceptors (Lipinski definition) is 2. The molecule has 0 aliphatic heterocycles. The van der Waals surface area contributed by atoms with Gasteiger partial charge in [-0.15, -0.1) is 0 Å². The Kier molecular flexibility index (Phi) is 7.07. The van der Waals surface area contributed by atoms with Gasteiger partial charge in [0.25, 0.3) is 0 Å². The van der Waals surface area contributed by atoms with Crippen molar-refractivity contribution >= 4 is 5.78 Å². The SMILES string of the molecule is CC(C)(C)COC1CC/C=C\CC/C=C\CCC1=O. The number of ether oxygens (including phenoxy) is 1. The molecule has 2 heteroatoms. The smallest absolute Gasteiger partial charge is 0.161 e. The standard InChI is InChI=1S/C17H28O2/c1-17(2,3)14-19-16-13-11-9-7-5-4-6-8-10-12-15(16)18/h6-9,16H,4-5,10-14H2,1-3H3/b8-6-,9-7-. The van der Waals surface area contributed by atoms with Gasteiger partial charge in [0.1, 0.15) is 6.10 Å². The molecule has 0 amide bonds. The molecule has 0 heterocycles. The lowest BCUT2D eigenvalue weighted by molar-refractivity contribution is -0.132. The van der Waals surface area contributed by atoms with Crippen LogP contribution in [0.4, 0.5) is 0 Å². The molecule has 0 bridgehead atoms. The minimum absolute atomic E-state index is 0.111. The highest BCUT2D eigenvalue weighted by atomic mass is 16.5. The van der Waals surface area contributed by atoms with Gasteiger partial charge < -0.3 is 4.74 Å². The minimum Gasteiger partial charge on any atom is -0.370 e. The molecule has 0 saturated carbocycles. The Morgan fingerprint density at radius 3 is 2.26 bits per heavy atom. The molecule has 2 nitrogen and oxygen atoms in total. The molecule has 1 aliphatic rings. The van der Waals surface area contributed by atoms with Gasteiger partial charge in [0.15, 0.2) is 5.78 Å². The Morgan fingerprint density at radius 2 is 1.63 bits per heavy atom. The molecule has 108 valence electrons. The topological polar surface area (TPSA) is 26.3 Å². The van der Waals surface area contributed by atoms with E-state index >= 15 is 0 Å². The fourth-order valence-corrected chi connectivity index (χ4v) is 1.99. The fraction of sp³-hybridized carbons (Fsp3) is 0.706. The van der Waals surface area contributed by atoms with Gasteiger partial charge in [0.2, 0.25) is 0 Å². The Labute approximate surface area is 117 Å². The van der Waals surface area contributed by atoms with Gasteiger partial charge >= 0.3 is 0 Å². The average molecular weight is 264 g/mol. The number of carbonyl (C=O) groups excluding carboxylic acids is 1. The van der Waals surface area contributed by atoms with Gasteiger partial charge in [-0.05, 0) is 37.5 Å². The van der Waals surface area contributed by atoms with Crippen LogP contribution in [-0.2, 0) is 9.53 Å². The van der Waals surface area contributed by atoms with Crippen LogP contribution in [0.3, 0.4) is 0 Å². The van der Waals surface area contributed by atoms with E-state index in [1.165, 1.54) is 0 Å². The highest BCUT2D eigenvalue weighted by Crippen LogP contribution is 2.17. The summed E-state index contributed by atoms with van der Waals surface area (Å²) in [5.74, 6) is 0.253. The molecule has 0 aromatic heterocycles. The number of allylic oxidation sites excluding steroid dienone is 4. The van der Waals surface area contributed by atoms with Crippen LogP contribution in [-0.4, -0.2) is 18.5 Å². The van der Waals surface area contributed by atoms with Gasteiger partial charge in [0.05, 0.1) is 6.61 Å². The summed E-state index contributed by atoms with van der Waals surface area (Å²) in [6.07, 6.45) is 13.8. The summed E-state index contributed by atoms with van der Waals surface area (Å²) in [5.41, 5.74) is 0.111. The zero-order valence-corrected chi connectivity index (χ0v) is 12.7. The quantitative estimate of drug-likeness (QED) is 0.689. The second-order valence-electron chi connectivity index (χ2n) is 6.46. The Bertz CT molecular complexity index is 321. The average Bonchev–Trinajstić information content (AvgIpc) is 2.31. The molecule has 0 aromatic carbocycles. The van der Waals surface area contributed by atoms with Crippen molar-refractivity contribution in [2.75, 3.05) is 6.61 Å². The van der Waals surface area contributed by atoms with E-state index < -0.39 is 0 Å². The van der Waals surface area contributed by atoms with E-state index in [0.717, 1.165) is 32.1 Å². The zero-order valence-electron chi connectivity index (χ0n) is 12.7.